The maximum Gasteiger partial charge on any atom is 0.431 e. The van der Waals surface area contributed by atoms with E-state index in [0.29, 0.717) is 17.0 Å². The maximum atomic E-state index is 12.0. The summed E-state index contributed by atoms with van der Waals surface area (Å²) >= 11 is 5.72. The number of aromatic amines is 1. The Kier molecular flexibility index (Phi) is 7.36. The number of ketones is 1. The van der Waals surface area contributed by atoms with Gasteiger partial charge in [0.05, 0.1) is 12.7 Å². The summed E-state index contributed by atoms with van der Waals surface area (Å²) in [7, 11) is 0. The molecule has 1 aliphatic heterocycles. The fourth-order valence-corrected chi connectivity index (χ4v) is 2.54. The zero-order valence-electron chi connectivity index (χ0n) is 14.3. The van der Waals surface area contributed by atoms with Crippen molar-refractivity contribution in [2.24, 2.45) is 0 Å². The highest BCUT2D eigenvalue weighted by molar-refractivity contribution is 6.30. The standard InChI is InChI=1S/C12H13ClO4.C6H4F3NO/c13-8-3-1-7(2-4-8)10(15)12-11(16)9(14)5-6-17-12;7-6(8,9)4-2-1-3-5(11)10-4/h1-4,9,11-12,14,16H,5-6H2;1-3H,(H,10,11). The molecule has 2 aromatic rings. The summed E-state index contributed by atoms with van der Waals surface area (Å²) in [6.45, 7) is 0.266. The lowest BCUT2D eigenvalue weighted by Crippen LogP contribution is -2.48. The van der Waals surface area contributed by atoms with Gasteiger partial charge < -0.3 is 19.9 Å². The van der Waals surface area contributed by atoms with Crippen LogP contribution in [-0.2, 0) is 10.9 Å². The summed E-state index contributed by atoms with van der Waals surface area (Å²) < 4.78 is 40.6. The number of pyridine rings is 1. The zero-order valence-corrected chi connectivity index (χ0v) is 15.1. The molecule has 0 spiro atoms. The lowest BCUT2D eigenvalue weighted by Gasteiger charge is -2.30. The molecule has 1 fully saturated rings. The van der Waals surface area contributed by atoms with Crippen LogP contribution in [0.3, 0.4) is 0 Å². The molecule has 1 saturated heterocycles. The molecule has 0 saturated carbocycles. The van der Waals surface area contributed by atoms with Gasteiger partial charge in [-0.05, 0) is 36.8 Å². The van der Waals surface area contributed by atoms with Crippen LogP contribution in [0.4, 0.5) is 13.2 Å². The second-order valence-electron chi connectivity index (χ2n) is 5.94. The molecule has 152 valence electrons. The Labute approximate surface area is 162 Å². The molecule has 3 atom stereocenters. The van der Waals surface area contributed by atoms with Crippen LogP contribution in [0.1, 0.15) is 22.5 Å². The zero-order chi connectivity index (χ0) is 20.9. The van der Waals surface area contributed by atoms with Crippen LogP contribution in [0.25, 0.3) is 0 Å². The van der Waals surface area contributed by atoms with E-state index in [2.05, 4.69) is 0 Å². The topological polar surface area (TPSA) is 99.6 Å². The Bertz CT molecular complexity index is 853. The van der Waals surface area contributed by atoms with Gasteiger partial charge in [0.15, 0.2) is 5.78 Å². The fourth-order valence-electron chi connectivity index (χ4n) is 2.41. The van der Waals surface area contributed by atoms with E-state index in [4.69, 9.17) is 16.3 Å². The van der Waals surface area contributed by atoms with Crippen molar-refractivity contribution in [3.63, 3.8) is 0 Å². The van der Waals surface area contributed by atoms with Crippen LogP contribution in [-0.4, -0.2) is 45.9 Å². The van der Waals surface area contributed by atoms with Gasteiger partial charge in [-0.2, -0.15) is 13.2 Å². The maximum absolute atomic E-state index is 12.0. The molecule has 3 rings (SSSR count). The largest absolute Gasteiger partial charge is 0.431 e. The van der Waals surface area contributed by atoms with E-state index in [-0.39, 0.29) is 12.4 Å². The molecule has 0 amide bonds. The molecule has 2 heterocycles. The number of ether oxygens (including phenoxy) is 1. The van der Waals surface area contributed by atoms with Gasteiger partial charge in [0, 0.05) is 16.7 Å². The smallest absolute Gasteiger partial charge is 0.390 e. The molecule has 3 unspecified atom stereocenters. The number of aliphatic hydroxyl groups is 2. The third kappa shape index (κ3) is 5.90. The Balaban J connectivity index is 0.000000221. The molecule has 0 radical (unpaired) electrons. The predicted octanol–water partition coefficient (Wildman–Crippen LogP) is 2.43. The highest BCUT2D eigenvalue weighted by atomic mass is 35.5. The predicted molar refractivity (Wildman–Crippen MR) is 94.2 cm³/mol. The van der Waals surface area contributed by atoms with Crippen LogP contribution in [0.15, 0.2) is 47.3 Å². The highest BCUT2D eigenvalue weighted by Crippen LogP contribution is 2.26. The molecule has 1 aromatic carbocycles. The second-order valence-corrected chi connectivity index (χ2v) is 6.37. The molecular formula is C18H17ClF3NO5. The SMILES string of the molecule is O=C(c1ccc(Cl)cc1)C1OCCC(O)C1O.O=c1cccc(C(F)(F)F)[nH]1. The van der Waals surface area contributed by atoms with Crippen molar-refractivity contribution in [2.45, 2.75) is 30.9 Å². The number of benzene rings is 1. The van der Waals surface area contributed by atoms with E-state index >= 15 is 0 Å². The molecule has 10 heteroatoms. The van der Waals surface area contributed by atoms with Gasteiger partial charge in [-0.25, -0.2) is 0 Å². The molecule has 3 N–H and O–H groups in total. The highest BCUT2D eigenvalue weighted by Gasteiger charge is 2.36. The minimum atomic E-state index is -4.47. The Hall–Kier alpha value is -2.20. The molecule has 0 aliphatic carbocycles. The lowest BCUT2D eigenvalue weighted by molar-refractivity contribution is -0.141. The van der Waals surface area contributed by atoms with Crippen molar-refractivity contribution < 1.29 is 32.9 Å². The van der Waals surface area contributed by atoms with E-state index in [1.807, 2.05) is 0 Å². The normalized spacial score (nSPS) is 22.1. The van der Waals surface area contributed by atoms with Crippen LogP contribution in [0.2, 0.25) is 5.02 Å². The summed E-state index contributed by atoms with van der Waals surface area (Å²) in [6.07, 6.45) is -7.22. The number of hydrogen-bond acceptors (Lipinski definition) is 5. The number of carbonyl (C=O) groups excluding carboxylic acids is 1. The van der Waals surface area contributed by atoms with Crippen molar-refractivity contribution in [1.29, 1.82) is 0 Å². The summed E-state index contributed by atoms with van der Waals surface area (Å²) in [6, 6.07) is 9.22. The number of H-pyrrole nitrogens is 1. The minimum absolute atomic E-state index is 0.266. The van der Waals surface area contributed by atoms with Crippen molar-refractivity contribution in [3.05, 3.63) is 69.1 Å². The van der Waals surface area contributed by atoms with Gasteiger partial charge in [-0.3, -0.25) is 9.59 Å². The van der Waals surface area contributed by atoms with Crippen molar-refractivity contribution >= 4 is 17.4 Å². The number of carbonyl (C=O) groups is 1. The summed E-state index contributed by atoms with van der Waals surface area (Å²) in [5, 5.41) is 19.7. The summed E-state index contributed by atoms with van der Waals surface area (Å²) in [5.74, 6) is -0.340. The van der Waals surface area contributed by atoms with Gasteiger partial charge in [0.25, 0.3) is 0 Å². The molecule has 6 nitrogen and oxygen atoms in total. The first-order valence-electron chi connectivity index (χ1n) is 8.13. The van der Waals surface area contributed by atoms with Gasteiger partial charge in [-0.15, -0.1) is 0 Å². The monoisotopic (exact) mass is 419 g/mol. The van der Waals surface area contributed by atoms with E-state index in [9.17, 15) is 33.0 Å². The Morgan fingerprint density at radius 3 is 2.32 bits per heavy atom. The molecule has 1 aliphatic rings. The van der Waals surface area contributed by atoms with Gasteiger partial charge >= 0.3 is 6.18 Å². The van der Waals surface area contributed by atoms with Crippen molar-refractivity contribution in [3.8, 4) is 0 Å². The number of alkyl halides is 3. The van der Waals surface area contributed by atoms with E-state index in [0.717, 1.165) is 18.2 Å². The first kappa shape index (κ1) is 22.1. The molecule has 0 bridgehead atoms. The van der Waals surface area contributed by atoms with Gasteiger partial charge in [0.2, 0.25) is 5.56 Å². The number of aliphatic hydroxyl groups excluding tert-OH is 2. The third-order valence-corrected chi connectivity index (χ3v) is 4.13. The van der Waals surface area contributed by atoms with E-state index < -0.39 is 35.7 Å². The van der Waals surface area contributed by atoms with E-state index in [1.165, 1.54) is 0 Å². The van der Waals surface area contributed by atoms with Crippen molar-refractivity contribution in [1.82, 2.24) is 4.98 Å². The lowest BCUT2D eigenvalue weighted by atomic mass is 9.95. The van der Waals surface area contributed by atoms with Crippen LogP contribution < -0.4 is 5.56 Å². The summed E-state index contributed by atoms with van der Waals surface area (Å²) in [4.78, 5) is 24.1. The number of aromatic nitrogens is 1. The average molecular weight is 420 g/mol. The number of hydrogen-bond donors (Lipinski definition) is 3. The number of rotatable bonds is 2. The molecular weight excluding hydrogens is 403 g/mol. The van der Waals surface area contributed by atoms with Crippen LogP contribution >= 0.6 is 11.6 Å². The van der Waals surface area contributed by atoms with Crippen LogP contribution in [0.5, 0.6) is 0 Å². The Morgan fingerprint density at radius 1 is 1.14 bits per heavy atom. The number of nitrogens with one attached hydrogen (secondary N) is 1. The second kappa shape index (κ2) is 9.33. The quantitative estimate of drug-likeness (QED) is 0.649. The van der Waals surface area contributed by atoms with Gasteiger partial charge in [0.1, 0.15) is 17.9 Å². The first-order valence-corrected chi connectivity index (χ1v) is 8.51. The van der Waals surface area contributed by atoms with Crippen molar-refractivity contribution in [2.75, 3.05) is 6.61 Å². The summed E-state index contributed by atoms with van der Waals surface area (Å²) in [5.41, 5.74) is -1.36. The minimum Gasteiger partial charge on any atom is -0.390 e. The van der Waals surface area contributed by atoms with Crippen LogP contribution in [0, 0.1) is 0 Å². The van der Waals surface area contributed by atoms with E-state index in [1.54, 1.807) is 29.2 Å². The number of halogens is 4. The Morgan fingerprint density at radius 2 is 1.79 bits per heavy atom. The van der Waals surface area contributed by atoms with Gasteiger partial charge in [-0.1, -0.05) is 17.7 Å². The first-order chi connectivity index (χ1) is 13.1. The number of Topliss-reactive ketones (excluding diaryl/α,β-unsaturated/α-hetero) is 1. The molecule has 1 aromatic heterocycles. The third-order valence-electron chi connectivity index (χ3n) is 3.88. The fraction of sp³-hybridized carbons (Fsp3) is 0.333. The molecule has 28 heavy (non-hydrogen) atoms. The average Bonchev–Trinajstić information content (AvgIpc) is 2.64.